The number of nitrogens with zero attached hydrogens (tertiary/aromatic N) is 2. The van der Waals surface area contributed by atoms with E-state index >= 15 is 0 Å². The van der Waals surface area contributed by atoms with Crippen LogP contribution in [0.2, 0.25) is 0 Å². The number of para-hydroxylation sites is 1. The summed E-state index contributed by atoms with van der Waals surface area (Å²) in [4.78, 5) is 0. The molecule has 0 spiro atoms. The fraction of sp³-hybridized carbons (Fsp3) is 0.0714. The largest absolute Gasteiger partial charge is 0.463 e. The Bertz CT molecular complexity index is 629. The van der Waals surface area contributed by atoms with E-state index < -0.39 is 0 Å². The number of halogens is 1. The minimum atomic E-state index is 0.746. The van der Waals surface area contributed by atoms with Crippen LogP contribution >= 0.6 is 15.9 Å². The molecule has 4 heteroatoms. The van der Waals surface area contributed by atoms with Gasteiger partial charge < -0.3 is 4.42 Å². The summed E-state index contributed by atoms with van der Waals surface area (Å²) in [5.41, 5.74) is 3.02. The Kier molecular flexibility index (Phi) is 3.02. The zero-order valence-corrected chi connectivity index (χ0v) is 11.2. The number of furan rings is 1. The van der Waals surface area contributed by atoms with Gasteiger partial charge in [0.05, 0.1) is 12.0 Å². The first-order valence-electron chi connectivity index (χ1n) is 5.62. The van der Waals surface area contributed by atoms with Crippen molar-refractivity contribution >= 4 is 15.9 Å². The molecule has 3 rings (SSSR count). The van der Waals surface area contributed by atoms with Gasteiger partial charge in [-0.3, -0.25) is 0 Å². The van der Waals surface area contributed by atoms with Crippen LogP contribution < -0.4 is 0 Å². The molecule has 3 nitrogen and oxygen atoms in total. The number of alkyl halides is 1. The zero-order chi connectivity index (χ0) is 12.4. The van der Waals surface area contributed by atoms with E-state index in [-0.39, 0.29) is 0 Å². The molecule has 0 unspecified atom stereocenters. The SMILES string of the molecule is BrCc1cn(-c2ccccc2)nc1-c1ccco1. The third kappa shape index (κ3) is 1.99. The molecule has 0 atom stereocenters. The summed E-state index contributed by atoms with van der Waals surface area (Å²) in [7, 11) is 0. The van der Waals surface area contributed by atoms with Gasteiger partial charge in [0.15, 0.2) is 5.76 Å². The van der Waals surface area contributed by atoms with Crippen LogP contribution in [-0.4, -0.2) is 9.78 Å². The van der Waals surface area contributed by atoms with Crippen molar-refractivity contribution in [2.24, 2.45) is 0 Å². The van der Waals surface area contributed by atoms with Crippen LogP contribution in [0.25, 0.3) is 17.1 Å². The van der Waals surface area contributed by atoms with Crippen LogP contribution in [0.3, 0.4) is 0 Å². The average Bonchev–Trinajstić information content (AvgIpc) is 3.08. The van der Waals surface area contributed by atoms with Gasteiger partial charge in [0, 0.05) is 17.1 Å². The summed E-state index contributed by atoms with van der Waals surface area (Å²) in [6.07, 6.45) is 3.68. The quantitative estimate of drug-likeness (QED) is 0.684. The topological polar surface area (TPSA) is 31.0 Å². The van der Waals surface area contributed by atoms with Gasteiger partial charge in [-0.2, -0.15) is 5.10 Å². The first kappa shape index (κ1) is 11.3. The summed E-state index contributed by atoms with van der Waals surface area (Å²) >= 11 is 3.48. The summed E-state index contributed by atoms with van der Waals surface area (Å²) < 4.78 is 7.28. The Hall–Kier alpha value is -1.81. The maximum atomic E-state index is 5.41. The minimum Gasteiger partial charge on any atom is -0.463 e. The molecule has 0 aliphatic carbocycles. The predicted octanol–water partition coefficient (Wildman–Crippen LogP) is 4.03. The second kappa shape index (κ2) is 4.82. The van der Waals surface area contributed by atoms with Gasteiger partial charge in [-0.15, -0.1) is 0 Å². The Morgan fingerprint density at radius 1 is 1.11 bits per heavy atom. The molecule has 0 aliphatic heterocycles. The summed E-state index contributed by atoms with van der Waals surface area (Å²) in [5.74, 6) is 0.791. The van der Waals surface area contributed by atoms with E-state index in [0.29, 0.717) is 0 Å². The van der Waals surface area contributed by atoms with Crippen LogP contribution in [0.5, 0.6) is 0 Å². The normalized spacial score (nSPS) is 10.7. The lowest BCUT2D eigenvalue weighted by atomic mass is 10.2. The lowest BCUT2D eigenvalue weighted by Crippen LogP contribution is -1.93. The molecule has 0 fully saturated rings. The number of benzene rings is 1. The molecule has 1 aromatic carbocycles. The van der Waals surface area contributed by atoms with Gasteiger partial charge in [-0.25, -0.2) is 4.68 Å². The van der Waals surface area contributed by atoms with E-state index in [4.69, 9.17) is 4.42 Å². The molecule has 3 aromatic rings. The van der Waals surface area contributed by atoms with E-state index in [9.17, 15) is 0 Å². The van der Waals surface area contributed by atoms with Crippen molar-refractivity contribution in [1.29, 1.82) is 0 Å². The Labute approximate surface area is 113 Å². The van der Waals surface area contributed by atoms with Crippen molar-refractivity contribution in [2.75, 3.05) is 0 Å². The molecule has 0 radical (unpaired) electrons. The van der Waals surface area contributed by atoms with Gasteiger partial charge in [-0.1, -0.05) is 34.1 Å². The molecule has 0 saturated heterocycles. The third-order valence-electron chi connectivity index (χ3n) is 2.71. The minimum absolute atomic E-state index is 0.746. The molecule has 0 amide bonds. The van der Waals surface area contributed by atoms with Crippen LogP contribution in [0.15, 0.2) is 59.3 Å². The van der Waals surface area contributed by atoms with Crippen LogP contribution in [0.4, 0.5) is 0 Å². The van der Waals surface area contributed by atoms with Crippen molar-refractivity contribution in [3.05, 3.63) is 60.5 Å². The summed E-state index contributed by atoms with van der Waals surface area (Å²) in [6, 6.07) is 13.8. The van der Waals surface area contributed by atoms with Gasteiger partial charge in [0.25, 0.3) is 0 Å². The summed E-state index contributed by atoms with van der Waals surface area (Å²) in [5, 5.41) is 5.33. The molecule has 90 valence electrons. The fourth-order valence-electron chi connectivity index (χ4n) is 1.84. The third-order valence-corrected chi connectivity index (χ3v) is 3.31. The molecule has 0 bridgehead atoms. The van der Waals surface area contributed by atoms with Crippen molar-refractivity contribution in [1.82, 2.24) is 9.78 Å². The van der Waals surface area contributed by atoms with Crippen LogP contribution in [0.1, 0.15) is 5.56 Å². The van der Waals surface area contributed by atoms with Gasteiger partial charge in [0.1, 0.15) is 5.69 Å². The Morgan fingerprint density at radius 3 is 2.61 bits per heavy atom. The van der Waals surface area contributed by atoms with Gasteiger partial charge in [0.2, 0.25) is 0 Å². The highest BCUT2D eigenvalue weighted by molar-refractivity contribution is 9.08. The van der Waals surface area contributed by atoms with E-state index in [1.165, 1.54) is 0 Å². The van der Waals surface area contributed by atoms with Gasteiger partial charge >= 0.3 is 0 Å². The van der Waals surface area contributed by atoms with Crippen LogP contribution in [0, 0.1) is 0 Å². The zero-order valence-electron chi connectivity index (χ0n) is 9.58. The highest BCUT2D eigenvalue weighted by Gasteiger charge is 2.13. The summed E-state index contributed by atoms with van der Waals surface area (Å²) in [6.45, 7) is 0. The molecule has 0 aliphatic rings. The van der Waals surface area contributed by atoms with E-state index in [1.807, 2.05) is 53.3 Å². The smallest absolute Gasteiger partial charge is 0.154 e. The highest BCUT2D eigenvalue weighted by atomic mass is 79.9. The molecule has 2 aromatic heterocycles. The predicted molar refractivity (Wildman–Crippen MR) is 73.9 cm³/mol. The Morgan fingerprint density at radius 2 is 1.94 bits per heavy atom. The van der Waals surface area contributed by atoms with Crippen molar-refractivity contribution in [3.8, 4) is 17.1 Å². The maximum Gasteiger partial charge on any atom is 0.154 e. The fourth-order valence-corrected chi connectivity index (χ4v) is 2.25. The molecule has 2 heterocycles. The number of hydrogen-bond acceptors (Lipinski definition) is 2. The molecule has 18 heavy (non-hydrogen) atoms. The first-order valence-corrected chi connectivity index (χ1v) is 6.74. The van der Waals surface area contributed by atoms with Gasteiger partial charge in [-0.05, 0) is 24.3 Å². The lowest BCUT2D eigenvalue weighted by molar-refractivity contribution is 0.578. The second-order valence-electron chi connectivity index (χ2n) is 3.89. The van der Waals surface area contributed by atoms with Crippen molar-refractivity contribution < 1.29 is 4.42 Å². The van der Waals surface area contributed by atoms with Crippen molar-refractivity contribution in [3.63, 3.8) is 0 Å². The highest BCUT2D eigenvalue weighted by Crippen LogP contribution is 2.25. The monoisotopic (exact) mass is 302 g/mol. The molecular formula is C14H11BrN2O. The van der Waals surface area contributed by atoms with Crippen molar-refractivity contribution in [2.45, 2.75) is 5.33 Å². The van der Waals surface area contributed by atoms with E-state index in [1.54, 1.807) is 6.26 Å². The van der Waals surface area contributed by atoms with E-state index in [0.717, 1.165) is 28.0 Å². The molecule has 0 saturated carbocycles. The second-order valence-corrected chi connectivity index (χ2v) is 4.45. The number of hydrogen-bond donors (Lipinski definition) is 0. The van der Waals surface area contributed by atoms with E-state index in [2.05, 4.69) is 21.0 Å². The average molecular weight is 303 g/mol. The maximum absolute atomic E-state index is 5.41. The molecule has 0 N–H and O–H groups in total. The number of rotatable bonds is 3. The standard InChI is InChI=1S/C14H11BrN2O/c15-9-11-10-17(12-5-2-1-3-6-12)16-14(11)13-7-4-8-18-13/h1-8,10H,9H2. The molecular weight excluding hydrogens is 292 g/mol. The number of aromatic nitrogens is 2. The lowest BCUT2D eigenvalue weighted by Gasteiger charge is -1.98. The van der Waals surface area contributed by atoms with Crippen LogP contribution in [-0.2, 0) is 5.33 Å². The Balaban J connectivity index is 2.09. The first-order chi connectivity index (χ1) is 8.88.